The molecule has 0 N–H and O–H groups in total. The highest BCUT2D eigenvalue weighted by Gasteiger charge is 2.12. The quantitative estimate of drug-likeness (QED) is 0.484. The molecule has 0 aliphatic rings. The fraction of sp³-hybridized carbons (Fsp3) is 0.300. The summed E-state index contributed by atoms with van der Waals surface area (Å²) in [5.41, 5.74) is 1.46. The molecule has 0 atom stereocenters. The van der Waals surface area contributed by atoms with Gasteiger partial charge in [-0.3, -0.25) is 4.79 Å². The van der Waals surface area contributed by atoms with Crippen LogP contribution in [-0.2, 0) is 0 Å². The normalized spacial score (nSPS) is 10.0. The maximum absolute atomic E-state index is 11.5. The van der Waals surface area contributed by atoms with Crippen LogP contribution in [0, 0.1) is 6.92 Å². The first kappa shape index (κ1) is 11.8. The van der Waals surface area contributed by atoms with Crippen molar-refractivity contribution in [2.24, 2.45) is 0 Å². The molecule has 0 aromatic heterocycles. The lowest BCUT2D eigenvalue weighted by Gasteiger charge is -2.08. The van der Waals surface area contributed by atoms with Crippen LogP contribution in [-0.4, -0.2) is 17.3 Å². The van der Waals surface area contributed by atoms with Crippen LogP contribution in [0.4, 0.5) is 0 Å². The first-order valence-electron chi connectivity index (χ1n) is 4.03. The van der Waals surface area contributed by atoms with Gasteiger partial charge in [0.1, 0.15) is 5.75 Å². The Balaban J connectivity index is 3.27. The van der Waals surface area contributed by atoms with Crippen LogP contribution in [0.1, 0.15) is 15.9 Å². The smallest absolute Gasteiger partial charge is 0.176 e. The molecular weight excluding hydrogens is 314 g/mol. The molecule has 0 spiro atoms. The van der Waals surface area contributed by atoms with Crippen molar-refractivity contribution in [1.29, 1.82) is 0 Å². The maximum Gasteiger partial charge on any atom is 0.176 e. The number of aryl methyl sites for hydroxylation is 1. The maximum atomic E-state index is 11.5. The van der Waals surface area contributed by atoms with Gasteiger partial charge in [0, 0.05) is 5.02 Å². The minimum atomic E-state index is 0.0318. The summed E-state index contributed by atoms with van der Waals surface area (Å²) in [6.07, 6.45) is 0. The fourth-order valence-corrected chi connectivity index (χ4v) is 1.69. The van der Waals surface area contributed by atoms with Crippen molar-refractivity contribution in [1.82, 2.24) is 0 Å². The Kier molecular flexibility index (Phi) is 4.19. The Labute approximate surface area is 102 Å². The zero-order valence-electron chi connectivity index (χ0n) is 7.93. The van der Waals surface area contributed by atoms with Crippen LogP contribution in [0.15, 0.2) is 12.1 Å². The van der Waals surface area contributed by atoms with Crippen molar-refractivity contribution in [2.45, 2.75) is 6.92 Å². The first-order chi connectivity index (χ1) is 6.60. The molecule has 1 aromatic rings. The van der Waals surface area contributed by atoms with Crippen LogP contribution in [0.5, 0.6) is 5.75 Å². The van der Waals surface area contributed by atoms with Gasteiger partial charge in [0.05, 0.1) is 17.1 Å². The molecule has 0 radical (unpaired) electrons. The Morgan fingerprint density at radius 3 is 2.71 bits per heavy atom. The molecule has 0 aliphatic carbocycles. The van der Waals surface area contributed by atoms with E-state index in [1.54, 1.807) is 19.2 Å². The second-order valence-electron chi connectivity index (χ2n) is 2.86. The topological polar surface area (TPSA) is 26.3 Å². The van der Waals surface area contributed by atoms with Crippen LogP contribution < -0.4 is 4.74 Å². The number of benzene rings is 1. The largest absolute Gasteiger partial charge is 0.496 e. The van der Waals surface area contributed by atoms with Gasteiger partial charge in [-0.15, -0.1) is 0 Å². The summed E-state index contributed by atoms with van der Waals surface area (Å²) < 4.78 is 5.55. The molecule has 0 saturated heterocycles. The van der Waals surface area contributed by atoms with Crippen molar-refractivity contribution in [2.75, 3.05) is 11.5 Å². The zero-order chi connectivity index (χ0) is 10.7. The predicted molar refractivity (Wildman–Crippen MR) is 66.0 cm³/mol. The highest BCUT2D eigenvalue weighted by Crippen LogP contribution is 2.27. The Morgan fingerprint density at radius 2 is 2.21 bits per heavy atom. The molecule has 4 heteroatoms. The summed E-state index contributed by atoms with van der Waals surface area (Å²) in [5, 5.41) is 0.596. The van der Waals surface area contributed by atoms with Crippen molar-refractivity contribution >= 4 is 40.0 Å². The van der Waals surface area contributed by atoms with Crippen molar-refractivity contribution < 1.29 is 9.53 Å². The van der Waals surface area contributed by atoms with E-state index in [4.69, 9.17) is 16.3 Å². The van der Waals surface area contributed by atoms with Crippen molar-refractivity contribution in [3.05, 3.63) is 28.3 Å². The van der Waals surface area contributed by atoms with Gasteiger partial charge < -0.3 is 4.74 Å². The number of methoxy groups -OCH3 is 1. The van der Waals surface area contributed by atoms with Gasteiger partial charge in [-0.05, 0) is 24.6 Å². The third-order valence-corrected chi connectivity index (χ3v) is 3.00. The summed E-state index contributed by atoms with van der Waals surface area (Å²) >= 11 is 7.96. The van der Waals surface area contributed by atoms with E-state index in [0.29, 0.717) is 20.8 Å². The number of carbonyl (C=O) groups is 1. The van der Waals surface area contributed by atoms with E-state index in [1.165, 1.54) is 0 Å². The molecular formula is C10H10ClIO2. The standard InChI is InChI=1S/C10H10ClIO2/c1-6-3-10(14-2)7(4-8(6)11)9(13)5-12/h3-4H,5H2,1-2H3. The Hall–Kier alpha value is -0.290. The zero-order valence-corrected chi connectivity index (χ0v) is 10.8. The van der Waals surface area contributed by atoms with E-state index in [-0.39, 0.29) is 5.78 Å². The molecule has 0 aliphatic heterocycles. The lowest BCUT2D eigenvalue weighted by Crippen LogP contribution is -2.03. The predicted octanol–water partition coefficient (Wildman–Crippen LogP) is 3.27. The Morgan fingerprint density at radius 1 is 1.57 bits per heavy atom. The van der Waals surface area contributed by atoms with Gasteiger partial charge in [-0.1, -0.05) is 34.2 Å². The number of carbonyl (C=O) groups excluding carboxylic acids is 1. The third-order valence-electron chi connectivity index (χ3n) is 1.90. The number of Topliss-reactive ketones (excluding diaryl/α,β-unsaturated/α-hetero) is 1. The van der Waals surface area contributed by atoms with E-state index in [0.717, 1.165) is 5.56 Å². The molecule has 1 aromatic carbocycles. The summed E-state index contributed by atoms with van der Waals surface area (Å²) in [4.78, 5) is 11.5. The van der Waals surface area contributed by atoms with Crippen LogP contribution >= 0.6 is 34.2 Å². The van der Waals surface area contributed by atoms with Gasteiger partial charge in [0.15, 0.2) is 5.78 Å². The van der Waals surface area contributed by atoms with Gasteiger partial charge in [-0.2, -0.15) is 0 Å². The molecule has 0 amide bonds. The molecule has 0 heterocycles. The molecule has 76 valence electrons. The Bertz CT molecular complexity index is 363. The monoisotopic (exact) mass is 324 g/mol. The fourth-order valence-electron chi connectivity index (χ4n) is 1.11. The molecule has 1 rings (SSSR count). The molecule has 0 saturated carbocycles. The van der Waals surface area contributed by atoms with E-state index < -0.39 is 0 Å². The van der Waals surface area contributed by atoms with Gasteiger partial charge in [0.25, 0.3) is 0 Å². The molecule has 0 fully saturated rings. The first-order valence-corrected chi connectivity index (χ1v) is 5.93. The van der Waals surface area contributed by atoms with Gasteiger partial charge in [0.2, 0.25) is 0 Å². The van der Waals surface area contributed by atoms with Crippen LogP contribution in [0.2, 0.25) is 5.02 Å². The highest BCUT2D eigenvalue weighted by atomic mass is 127. The van der Waals surface area contributed by atoms with Gasteiger partial charge >= 0.3 is 0 Å². The number of ketones is 1. The van der Waals surface area contributed by atoms with Crippen molar-refractivity contribution in [3.8, 4) is 5.75 Å². The van der Waals surface area contributed by atoms with E-state index in [9.17, 15) is 4.79 Å². The van der Waals surface area contributed by atoms with E-state index >= 15 is 0 Å². The second kappa shape index (κ2) is 4.98. The van der Waals surface area contributed by atoms with Crippen LogP contribution in [0.3, 0.4) is 0 Å². The molecule has 0 unspecified atom stereocenters. The summed E-state index contributed by atoms with van der Waals surface area (Å²) in [5.74, 6) is 0.623. The number of rotatable bonds is 3. The van der Waals surface area contributed by atoms with E-state index in [2.05, 4.69) is 0 Å². The number of hydrogen-bond acceptors (Lipinski definition) is 2. The van der Waals surface area contributed by atoms with E-state index in [1.807, 2.05) is 29.5 Å². The van der Waals surface area contributed by atoms with Gasteiger partial charge in [-0.25, -0.2) is 0 Å². The lowest BCUT2D eigenvalue weighted by atomic mass is 10.1. The molecule has 0 bridgehead atoms. The minimum Gasteiger partial charge on any atom is -0.496 e. The molecule has 2 nitrogen and oxygen atoms in total. The summed E-state index contributed by atoms with van der Waals surface area (Å²) in [7, 11) is 1.55. The molecule has 14 heavy (non-hydrogen) atoms. The summed E-state index contributed by atoms with van der Waals surface area (Å²) in [6.45, 7) is 1.88. The number of ether oxygens (including phenoxy) is 1. The lowest BCUT2D eigenvalue weighted by molar-refractivity contribution is 0.102. The number of hydrogen-bond donors (Lipinski definition) is 0. The minimum absolute atomic E-state index is 0.0318. The summed E-state index contributed by atoms with van der Waals surface area (Å²) in [6, 6.07) is 3.44. The highest BCUT2D eigenvalue weighted by molar-refractivity contribution is 14.1. The van der Waals surface area contributed by atoms with Crippen molar-refractivity contribution in [3.63, 3.8) is 0 Å². The average molecular weight is 325 g/mol. The number of alkyl halides is 1. The number of halogens is 2. The average Bonchev–Trinajstić information content (AvgIpc) is 2.20. The second-order valence-corrected chi connectivity index (χ2v) is 4.03. The third kappa shape index (κ3) is 2.39. The van der Waals surface area contributed by atoms with Crippen LogP contribution in [0.25, 0.3) is 0 Å². The SMILES string of the molecule is COc1cc(C)c(Cl)cc1C(=O)CI.